The molecule has 1 aliphatic rings. The van der Waals surface area contributed by atoms with Gasteiger partial charge in [0.2, 0.25) is 0 Å². The van der Waals surface area contributed by atoms with Crippen LogP contribution in [0.2, 0.25) is 0 Å². The third-order valence-corrected chi connectivity index (χ3v) is 3.54. The Kier molecular flexibility index (Phi) is 2.97. The summed E-state index contributed by atoms with van der Waals surface area (Å²) in [5, 5.41) is 12.2. The van der Waals surface area contributed by atoms with Gasteiger partial charge in [-0.3, -0.25) is 4.79 Å². The van der Waals surface area contributed by atoms with Crippen molar-refractivity contribution in [3.63, 3.8) is 0 Å². The molecule has 1 aromatic rings. The number of hydrogen-bond acceptors (Lipinski definition) is 2. The molecule has 0 amide bonds. The summed E-state index contributed by atoms with van der Waals surface area (Å²) >= 11 is 0. The van der Waals surface area contributed by atoms with Crippen molar-refractivity contribution in [3.05, 3.63) is 35.4 Å². The first-order valence-corrected chi connectivity index (χ1v) is 5.63. The van der Waals surface area contributed by atoms with Crippen LogP contribution in [0.5, 0.6) is 0 Å². The molecule has 2 rings (SSSR count). The van der Waals surface area contributed by atoms with E-state index in [9.17, 15) is 4.79 Å². The summed E-state index contributed by atoms with van der Waals surface area (Å²) in [4.78, 5) is 10.9. The molecule has 1 aromatic carbocycles. The number of rotatable bonds is 3. The van der Waals surface area contributed by atoms with E-state index in [0.717, 1.165) is 19.3 Å². The van der Waals surface area contributed by atoms with Crippen LogP contribution in [0.4, 0.5) is 0 Å². The van der Waals surface area contributed by atoms with E-state index in [0.29, 0.717) is 0 Å². The highest BCUT2D eigenvalue weighted by atomic mass is 16.4. The Bertz CT molecular complexity index is 403. The highest BCUT2D eigenvalue weighted by Gasteiger charge is 2.34. The zero-order chi connectivity index (χ0) is 11.6. The van der Waals surface area contributed by atoms with Crippen LogP contribution in [0, 0.1) is 0 Å². The molecule has 86 valence electrons. The van der Waals surface area contributed by atoms with Gasteiger partial charge in [0.1, 0.15) is 0 Å². The summed E-state index contributed by atoms with van der Waals surface area (Å²) in [6, 6.07) is 8.30. The number of likely N-dealkylation sites (N-methyl/N-ethyl adjacent to an activating group) is 1. The number of benzene rings is 1. The minimum absolute atomic E-state index is 0.192. The molecule has 2 N–H and O–H groups in total. The lowest BCUT2D eigenvalue weighted by molar-refractivity contribution is -0.138. The van der Waals surface area contributed by atoms with Gasteiger partial charge in [0.25, 0.3) is 0 Å². The second-order valence-corrected chi connectivity index (χ2v) is 4.55. The lowest BCUT2D eigenvalue weighted by Gasteiger charge is -2.37. The Labute approximate surface area is 95.5 Å². The molecular weight excluding hydrogens is 202 g/mol. The number of aryl methyl sites for hydroxylation is 1. The van der Waals surface area contributed by atoms with E-state index in [1.165, 1.54) is 11.1 Å². The predicted molar refractivity (Wildman–Crippen MR) is 62.5 cm³/mol. The van der Waals surface area contributed by atoms with Crippen molar-refractivity contribution in [1.82, 2.24) is 5.32 Å². The first kappa shape index (κ1) is 11.1. The van der Waals surface area contributed by atoms with Crippen LogP contribution < -0.4 is 5.32 Å². The maximum atomic E-state index is 10.9. The topological polar surface area (TPSA) is 49.3 Å². The Morgan fingerprint density at radius 2 is 2.12 bits per heavy atom. The fourth-order valence-corrected chi connectivity index (χ4v) is 2.54. The van der Waals surface area contributed by atoms with Gasteiger partial charge in [-0.15, -0.1) is 0 Å². The standard InChI is InChI=1S/C13H17NO2/c1-14-13(9-12(15)16)7-6-10-4-2-3-5-11(10)8-13/h2-5,14H,6-9H2,1H3,(H,15,16). The zero-order valence-electron chi connectivity index (χ0n) is 9.49. The third-order valence-electron chi connectivity index (χ3n) is 3.54. The predicted octanol–water partition coefficient (Wildman–Crippen LogP) is 1.61. The lowest BCUT2D eigenvalue weighted by atomic mass is 9.76. The molecule has 16 heavy (non-hydrogen) atoms. The zero-order valence-corrected chi connectivity index (χ0v) is 9.49. The maximum absolute atomic E-state index is 10.9. The molecule has 3 nitrogen and oxygen atoms in total. The molecule has 0 spiro atoms. The number of fused-ring (bicyclic) bond motifs is 1. The van der Waals surface area contributed by atoms with Crippen molar-refractivity contribution in [1.29, 1.82) is 0 Å². The molecule has 0 radical (unpaired) electrons. The highest BCUT2D eigenvalue weighted by Crippen LogP contribution is 2.30. The fourth-order valence-electron chi connectivity index (χ4n) is 2.54. The minimum atomic E-state index is -0.728. The van der Waals surface area contributed by atoms with Crippen LogP contribution >= 0.6 is 0 Å². The van der Waals surface area contributed by atoms with Crippen LogP contribution in [-0.4, -0.2) is 23.7 Å². The largest absolute Gasteiger partial charge is 0.481 e. The number of hydrogen-bond donors (Lipinski definition) is 2. The Morgan fingerprint density at radius 3 is 2.75 bits per heavy atom. The van der Waals surface area contributed by atoms with Gasteiger partial charge in [-0.2, -0.15) is 0 Å². The Hall–Kier alpha value is -1.35. The number of nitrogens with one attached hydrogen (secondary N) is 1. The van der Waals surface area contributed by atoms with Crippen LogP contribution in [0.15, 0.2) is 24.3 Å². The van der Waals surface area contributed by atoms with Gasteiger partial charge >= 0.3 is 5.97 Å². The lowest BCUT2D eigenvalue weighted by Crippen LogP contribution is -2.49. The van der Waals surface area contributed by atoms with Crippen molar-refractivity contribution in [3.8, 4) is 0 Å². The number of aliphatic carboxylic acids is 1. The number of carbonyl (C=O) groups is 1. The normalized spacial score (nSPS) is 23.8. The van der Waals surface area contributed by atoms with Gasteiger partial charge in [0.15, 0.2) is 0 Å². The summed E-state index contributed by atoms with van der Waals surface area (Å²) in [7, 11) is 1.86. The van der Waals surface area contributed by atoms with Gasteiger partial charge in [-0.1, -0.05) is 24.3 Å². The summed E-state index contributed by atoms with van der Waals surface area (Å²) in [5.41, 5.74) is 2.38. The smallest absolute Gasteiger partial charge is 0.305 e. The summed E-state index contributed by atoms with van der Waals surface area (Å²) < 4.78 is 0. The average molecular weight is 219 g/mol. The Morgan fingerprint density at radius 1 is 1.44 bits per heavy atom. The molecule has 1 unspecified atom stereocenters. The van der Waals surface area contributed by atoms with Gasteiger partial charge < -0.3 is 10.4 Å². The first-order chi connectivity index (χ1) is 7.65. The third kappa shape index (κ3) is 2.09. The minimum Gasteiger partial charge on any atom is -0.481 e. The molecule has 0 fully saturated rings. The van der Waals surface area contributed by atoms with E-state index < -0.39 is 5.97 Å². The summed E-state index contributed by atoms with van der Waals surface area (Å²) in [6.45, 7) is 0. The van der Waals surface area contributed by atoms with E-state index in [1.807, 2.05) is 19.2 Å². The molecule has 0 aromatic heterocycles. The van der Waals surface area contributed by atoms with Crippen LogP contribution in [0.25, 0.3) is 0 Å². The molecule has 0 saturated heterocycles. The van der Waals surface area contributed by atoms with E-state index in [4.69, 9.17) is 5.11 Å². The van der Waals surface area contributed by atoms with E-state index in [2.05, 4.69) is 17.4 Å². The summed E-state index contributed by atoms with van der Waals surface area (Å²) in [5.74, 6) is -0.728. The van der Waals surface area contributed by atoms with E-state index in [-0.39, 0.29) is 12.0 Å². The molecule has 1 atom stereocenters. The fraction of sp³-hybridized carbons (Fsp3) is 0.462. The van der Waals surface area contributed by atoms with Crippen molar-refractivity contribution < 1.29 is 9.90 Å². The quantitative estimate of drug-likeness (QED) is 0.812. The van der Waals surface area contributed by atoms with Crippen LogP contribution in [-0.2, 0) is 17.6 Å². The molecule has 0 saturated carbocycles. The van der Waals surface area contributed by atoms with E-state index >= 15 is 0 Å². The first-order valence-electron chi connectivity index (χ1n) is 5.63. The van der Waals surface area contributed by atoms with Gasteiger partial charge in [-0.05, 0) is 37.4 Å². The van der Waals surface area contributed by atoms with Crippen LogP contribution in [0.3, 0.4) is 0 Å². The van der Waals surface area contributed by atoms with Crippen molar-refractivity contribution in [2.45, 2.75) is 31.2 Å². The summed E-state index contributed by atoms with van der Waals surface area (Å²) in [6.07, 6.45) is 2.86. The molecule has 0 heterocycles. The second-order valence-electron chi connectivity index (χ2n) is 4.55. The van der Waals surface area contributed by atoms with Crippen molar-refractivity contribution in [2.75, 3.05) is 7.05 Å². The highest BCUT2D eigenvalue weighted by molar-refractivity contribution is 5.68. The number of carboxylic acids is 1. The second kappa shape index (κ2) is 4.26. The molecule has 0 bridgehead atoms. The number of carboxylic acid groups (broad SMARTS) is 1. The Balaban J connectivity index is 2.24. The van der Waals surface area contributed by atoms with Crippen molar-refractivity contribution in [2.24, 2.45) is 0 Å². The molecule has 0 aliphatic heterocycles. The molecular formula is C13H17NO2. The maximum Gasteiger partial charge on any atom is 0.305 e. The van der Waals surface area contributed by atoms with Crippen molar-refractivity contribution >= 4 is 5.97 Å². The average Bonchev–Trinajstić information content (AvgIpc) is 2.28. The van der Waals surface area contributed by atoms with Gasteiger partial charge in [0, 0.05) is 5.54 Å². The van der Waals surface area contributed by atoms with Crippen LogP contribution in [0.1, 0.15) is 24.0 Å². The molecule has 1 aliphatic carbocycles. The monoisotopic (exact) mass is 219 g/mol. The SMILES string of the molecule is CNC1(CC(=O)O)CCc2ccccc2C1. The van der Waals surface area contributed by atoms with E-state index in [1.54, 1.807) is 0 Å². The molecule has 3 heteroatoms. The van der Waals surface area contributed by atoms with Gasteiger partial charge in [-0.25, -0.2) is 0 Å². The van der Waals surface area contributed by atoms with Gasteiger partial charge in [0.05, 0.1) is 6.42 Å².